The van der Waals surface area contributed by atoms with Gasteiger partial charge in [0.2, 0.25) is 11.9 Å². The summed E-state index contributed by atoms with van der Waals surface area (Å²) in [6, 6.07) is 8.56. The highest BCUT2D eigenvalue weighted by Gasteiger charge is 2.15. The molecule has 9 nitrogen and oxygen atoms in total. The Morgan fingerprint density at radius 1 is 1.19 bits per heavy atom. The number of aromatic nitrogens is 4. The Bertz CT molecular complexity index is 1140. The predicted octanol–water partition coefficient (Wildman–Crippen LogP) is 3.52. The van der Waals surface area contributed by atoms with Gasteiger partial charge in [-0.15, -0.1) is 0 Å². The summed E-state index contributed by atoms with van der Waals surface area (Å²) in [5.41, 5.74) is 7.23. The molecule has 3 N–H and O–H groups in total. The number of anilines is 1. The van der Waals surface area contributed by atoms with Crippen molar-refractivity contribution in [2.24, 2.45) is 0 Å². The Morgan fingerprint density at radius 3 is 2.72 bits per heavy atom. The van der Waals surface area contributed by atoms with E-state index in [0.29, 0.717) is 23.0 Å². The lowest BCUT2D eigenvalue weighted by atomic mass is 10.2. The first kappa shape index (κ1) is 23.5. The third kappa shape index (κ3) is 6.68. The van der Waals surface area contributed by atoms with Crippen molar-refractivity contribution in [3.63, 3.8) is 0 Å². The Kier molecular flexibility index (Phi) is 8.44. The number of benzene rings is 1. The van der Waals surface area contributed by atoms with Gasteiger partial charge in [0.05, 0.1) is 10.0 Å². The molecule has 1 amide bonds. The van der Waals surface area contributed by atoms with Crippen molar-refractivity contribution in [3.8, 4) is 23.2 Å². The van der Waals surface area contributed by atoms with Gasteiger partial charge in [0.1, 0.15) is 11.8 Å². The molecule has 0 saturated carbocycles. The fraction of sp³-hybridized carbons (Fsp3) is 0.200. The molecule has 0 unspecified atom stereocenters. The number of hydrogen-bond acceptors (Lipinski definition) is 9. The lowest BCUT2D eigenvalue weighted by Crippen LogP contribution is -2.23. The molecule has 0 aliphatic rings. The summed E-state index contributed by atoms with van der Waals surface area (Å²) in [5, 5.41) is 12.5. The highest BCUT2D eigenvalue weighted by atomic mass is 35.5. The number of nitrogen functional groups attached to an aromatic ring is 1. The molecule has 0 saturated heterocycles. The molecule has 2 heterocycles. The molecule has 0 radical (unpaired) electrons. The van der Waals surface area contributed by atoms with Crippen LogP contribution < -0.4 is 15.8 Å². The van der Waals surface area contributed by atoms with E-state index in [1.54, 1.807) is 12.4 Å². The van der Waals surface area contributed by atoms with Gasteiger partial charge in [-0.25, -0.2) is 4.98 Å². The van der Waals surface area contributed by atoms with E-state index in [9.17, 15) is 4.79 Å². The van der Waals surface area contributed by atoms with E-state index in [4.69, 9.17) is 38.9 Å². The topological polar surface area (TPSA) is 140 Å². The number of pyridine rings is 1. The highest BCUT2D eigenvalue weighted by Crippen LogP contribution is 2.36. The molecular weight excluding hydrogens is 473 g/mol. The molecule has 0 fully saturated rings. The van der Waals surface area contributed by atoms with Crippen LogP contribution in [-0.4, -0.2) is 38.2 Å². The first-order valence-corrected chi connectivity index (χ1v) is 11.0. The number of thioether (sulfide) groups is 1. The summed E-state index contributed by atoms with van der Waals surface area (Å²) in [7, 11) is 0. The molecule has 0 atom stereocenters. The van der Waals surface area contributed by atoms with Gasteiger partial charge >= 0.3 is 0 Å². The quantitative estimate of drug-likeness (QED) is 0.431. The Hall–Kier alpha value is -3.13. The number of carbonyl (C=O) groups is 1. The molecule has 1 aromatic carbocycles. The number of nitrogens with zero attached hydrogens (tertiary/aromatic N) is 5. The maximum Gasteiger partial charge on any atom is 0.224 e. The Balaban J connectivity index is 1.64. The number of carbonyl (C=O) groups excluding carboxylic acids is 1. The van der Waals surface area contributed by atoms with Gasteiger partial charge in [0, 0.05) is 36.7 Å². The fourth-order valence-corrected chi connectivity index (χ4v) is 3.80. The van der Waals surface area contributed by atoms with Crippen molar-refractivity contribution in [2.45, 2.75) is 18.1 Å². The predicted molar refractivity (Wildman–Crippen MR) is 122 cm³/mol. The van der Waals surface area contributed by atoms with Crippen LogP contribution in [0.2, 0.25) is 10.0 Å². The van der Waals surface area contributed by atoms with Gasteiger partial charge in [-0.1, -0.05) is 35.0 Å². The van der Waals surface area contributed by atoms with Crippen LogP contribution in [0.1, 0.15) is 12.0 Å². The van der Waals surface area contributed by atoms with Crippen molar-refractivity contribution in [3.05, 3.63) is 52.3 Å². The van der Waals surface area contributed by atoms with Gasteiger partial charge in [-0.2, -0.15) is 15.2 Å². The highest BCUT2D eigenvalue weighted by molar-refractivity contribution is 7.99. The second-order valence-electron chi connectivity index (χ2n) is 6.24. The summed E-state index contributed by atoms with van der Waals surface area (Å²) >= 11 is 13.7. The largest absolute Gasteiger partial charge is 0.477 e. The van der Waals surface area contributed by atoms with Crippen molar-refractivity contribution in [2.75, 3.05) is 18.1 Å². The van der Waals surface area contributed by atoms with Gasteiger partial charge < -0.3 is 15.8 Å². The van der Waals surface area contributed by atoms with Crippen LogP contribution in [-0.2, 0) is 11.3 Å². The standard InChI is InChI=1S/C20H17Cl2N7O2S/c21-14-10-15(22)16(31-7-4-23)9-13(14)18-27-19(24)29-20(28-18)32-8-3-17(30)26-11-12-1-5-25-6-2-12/h1-2,5-6,9-10H,3,7-8,11H2,(H,26,30)(H2,24,27,28,29). The molecular formula is C20H17Cl2N7O2S. The number of rotatable bonds is 9. The third-order valence-corrected chi connectivity index (χ3v) is 5.44. The number of nitrogens with one attached hydrogen (secondary N) is 1. The van der Waals surface area contributed by atoms with Crippen molar-refractivity contribution in [1.29, 1.82) is 5.26 Å². The third-order valence-electron chi connectivity index (χ3n) is 3.99. The molecule has 32 heavy (non-hydrogen) atoms. The van der Waals surface area contributed by atoms with Crippen LogP contribution in [0.4, 0.5) is 5.95 Å². The summed E-state index contributed by atoms with van der Waals surface area (Å²) in [6.45, 7) is 0.255. The molecule has 0 bridgehead atoms. The molecule has 12 heteroatoms. The molecule has 3 rings (SSSR count). The number of nitriles is 1. The first-order valence-electron chi connectivity index (χ1n) is 9.25. The molecule has 0 spiro atoms. The van der Waals surface area contributed by atoms with E-state index in [2.05, 4.69) is 25.3 Å². The summed E-state index contributed by atoms with van der Waals surface area (Å²) < 4.78 is 5.30. The Labute approximate surface area is 198 Å². The van der Waals surface area contributed by atoms with E-state index in [1.165, 1.54) is 23.9 Å². The molecule has 0 aliphatic heterocycles. The van der Waals surface area contributed by atoms with Gasteiger partial charge in [-0.05, 0) is 29.8 Å². The molecule has 0 aliphatic carbocycles. The van der Waals surface area contributed by atoms with Crippen LogP contribution in [0, 0.1) is 11.3 Å². The number of halogens is 2. The average molecular weight is 490 g/mol. The second kappa shape index (κ2) is 11.5. The number of nitrogens with two attached hydrogens (primary N) is 1. The van der Waals surface area contributed by atoms with Crippen molar-refractivity contribution >= 4 is 46.8 Å². The Morgan fingerprint density at radius 2 is 1.97 bits per heavy atom. The average Bonchev–Trinajstić information content (AvgIpc) is 2.77. The van der Waals surface area contributed by atoms with Gasteiger partial charge in [0.25, 0.3) is 0 Å². The van der Waals surface area contributed by atoms with Gasteiger partial charge in [-0.3, -0.25) is 9.78 Å². The normalized spacial score (nSPS) is 10.4. The van der Waals surface area contributed by atoms with Crippen LogP contribution in [0.15, 0.2) is 41.8 Å². The van der Waals surface area contributed by atoms with Crippen molar-refractivity contribution < 1.29 is 9.53 Å². The maximum atomic E-state index is 12.1. The minimum absolute atomic E-state index is 0.00477. The zero-order valence-electron chi connectivity index (χ0n) is 16.6. The van der Waals surface area contributed by atoms with Crippen LogP contribution in [0.25, 0.3) is 11.4 Å². The van der Waals surface area contributed by atoms with E-state index >= 15 is 0 Å². The zero-order chi connectivity index (χ0) is 22.9. The van der Waals surface area contributed by atoms with Gasteiger partial charge in [0.15, 0.2) is 17.6 Å². The maximum absolute atomic E-state index is 12.1. The lowest BCUT2D eigenvalue weighted by molar-refractivity contribution is -0.120. The summed E-state index contributed by atoms with van der Waals surface area (Å²) in [4.78, 5) is 28.6. The minimum Gasteiger partial charge on any atom is -0.477 e. The molecule has 2 aromatic heterocycles. The zero-order valence-corrected chi connectivity index (χ0v) is 18.9. The van der Waals surface area contributed by atoms with E-state index in [1.807, 2.05) is 18.2 Å². The minimum atomic E-state index is -0.176. The number of amides is 1. The lowest BCUT2D eigenvalue weighted by Gasteiger charge is -2.10. The van der Waals surface area contributed by atoms with Crippen molar-refractivity contribution in [1.82, 2.24) is 25.3 Å². The van der Waals surface area contributed by atoms with Crippen LogP contribution >= 0.6 is 35.0 Å². The summed E-state index contributed by atoms with van der Waals surface area (Å²) in [6.07, 6.45) is 3.61. The molecule has 3 aromatic rings. The SMILES string of the molecule is N#CCOc1cc(-c2nc(N)nc(SCCC(=O)NCc3ccncc3)n2)c(Cl)cc1Cl. The first-order chi connectivity index (χ1) is 15.5. The van der Waals surface area contributed by atoms with Crippen LogP contribution in [0.3, 0.4) is 0 Å². The second-order valence-corrected chi connectivity index (χ2v) is 8.12. The number of hydrogen-bond donors (Lipinski definition) is 2. The fourth-order valence-electron chi connectivity index (χ4n) is 2.50. The number of ether oxygens (including phenoxy) is 1. The van der Waals surface area contributed by atoms with Crippen LogP contribution in [0.5, 0.6) is 5.75 Å². The smallest absolute Gasteiger partial charge is 0.224 e. The van der Waals surface area contributed by atoms with E-state index < -0.39 is 0 Å². The molecule has 164 valence electrons. The van der Waals surface area contributed by atoms with E-state index in [0.717, 1.165) is 5.56 Å². The monoisotopic (exact) mass is 489 g/mol. The summed E-state index contributed by atoms with van der Waals surface area (Å²) in [5.74, 6) is 0.842. The van der Waals surface area contributed by atoms with E-state index in [-0.39, 0.29) is 46.5 Å².